The van der Waals surface area contributed by atoms with Crippen LogP contribution in [0.1, 0.15) is 30.4 Å². The normalized spacial score (nSPS) is 14.4. The fraction of sp³-hybridized carbons (Fsp3) is 0.296. The molecule has 3 aromatic rings. The number of sulfonamides is 1. The van der Waals surface area contributed by atoms with Crippen LogP contribution in [0.15, 0.2) is 77.7 Å². The SMILES string of the molecule is O=C(CN(c1ccc(Cl)c(Cl)c1)S(=O)(=O)c1ccccc1)NCc1ccc(CN2CCCCC2)cc1. The van der Waals surface area contributed by atoms with Gasteiger partial charge in [0.05, 0.1) is 20.6 Å². The van der Waals surface area contributed by atoms with Gasteiger partial charge in [-0.25, -0.2) is 8.42 Å². The van der Waals surface area contributed by atoms with Crippen LogP contribution in [0, 0.1) is 0 Å². The zero-order chi connectivity index (χ0) is 25.5. The Morgan fingerprint density at radius 1 is 0.861 bits per heavy atom. The number of carbonyl (C=O) groups is 1. The number of likely N-dealkylation sites (tertiary alicyclic amines) is 1. The van der Waals surface area contributed by atoms with E-state index in [0.29, 0.717) is 11.6 Å². The lowest BCUT2D eigenvalue weighted by Crippen LogP contribution is -2.40. The van der Waals surface area contributed by atoms with Crippen LogP contribution in [0.3, 0.4) is 0 Å². The van der Waals surface area contributed by atoms with Gasteiger partial charge in [0.1, 0.15) is 6.54 Å². The van der Waals surface area contributed by atoms with Gasteiger partial charge in [0, 0.05) is 13.1 Å². The van der Waals surface area contributed by atoms with Crippen molar-refractivity contribution in [2.45, 2.75) is 37.2 Å². The van der Waals surface area contributed by atoms with Crippen molar-refractivity contribution in [2.24, 2.45) is 0 Å². The molecule has 1 fully saturated rings. The quantitative estimate of drug-likeness (QED) is 0.386. The summed E-state index contributed by atoms with van der Waals surface area (Å²) in [5, 5.41) is 3.33. The molecule has 0 bridgehead atoms. The molecule has 0 aromatic heterocycles. The van der Waals surface area contributed by atoms with Crippen molar-refractivity contribution in [3.05, 3.63) is 94.0 Å². The Hall–Kier alpha value is -2.58. The monoisotopic (exact) mass is 545 g/mol. The first-order valence-electron chi connectivity index (χ1n) is 11.9. The predicted molar refractivity (Wildman–Crippen MR) is 145 cm³/mol. The first-order chi connectivity index (χ1) is 17.3. The maximum absolute atomic E-state index is 13.4. The molecule has 0 spiro atoms. The van der Waals surface area contributed by atoms with Crippen molar-refractivity contribution in [3.8, 4) is 0 Å². The predicted octanol–water partition coefficient (Wildman–Crippen LogP) is 5.49. The molecule has 0 radical (unpaired) electrons. The lowest BCUT2D eigenvalue weighted by Gasteiger charge is -2.26. The van der Waals surface area contributed by atoms with E-state index in [1.807, 2.05) is 12.1 Å². The first-order valence-corrected chi connectivity index (χ1v) is 14.1. The molecule has 1 N–H and O–H groups in total. The fourth-order valence-electron chi connectivity index (χ4n) is 4.20. The molecule has 1 heterocycles. The number of benzene rings is 3. The van der Waals surface area contributed by atoms with Crippen LogP contribution >= 0.6 is 23.2 Å². The highest BCUT2D eigenvalue weighted by Gasteiger charge is 2.27. The van der Waals surface area contributed by atoms with Crippen LogP contribution in [0.5, 0.6) is 0 Å². The summed E-state index contributed by atoms with van der Waals surface area (Å²) in [6.07, 6.45) is 3.82. The first kappa shape index (κ1) is 26.5. The van der Waals surface area contributed by atoms with E-state index < -0.39 is 22.5 Å². The molecule has 0 saturated carbocycles. The molecule has 1 aliphatic rings. The molecule has 6 nitrogen and oxygen atoms in total. The Kier molecular flexibility index (Phi) is 8.90. The lowest BCUT2D eigenvalue weighted by molar-refractivity contribution is -0.119. The van der Waals surface area contributed by atoms with Gasteiger partial charge in [-0.15, -0.1) is 0 Å². The molecule has 0 atom stereocenters. The highest BCUT2D eigenvalue weighted by Crippen LogP contribution is 2.30. The molecular formula is C27H29Cl2N3O3S. The topological polar surface area (TPSA) is 69.7 Å². The second-order valence-corrected chi connectivity index (χ2v) is 11.5. The summed E-state index contributed by atoms with van der Waals surface area (Å²) < 4.78 is 27.9. The second-order valence-electron chi connectivity index (χ2n) is 8.85. The number of nitrogens with zero attached hydrogens (tertiary/aromatic N) is 2. The standard InChI is InChI=1S/C27H29Cl2N3O3S/c28-25-14-13-23(17-26(25)29)32(36(34,35)24-7-3-1-4-8-24)20-27(33)30-18-21-9-11-22(12-10-21)19-31-15-5-2-6-16-31/h1,3-4,7-14,17H,2,5-6,15-16,18-20H2,(H,30,33). The van der Waals surface area contributed by atoms with E-state index in [4.69, 9.17) is 23.2 Å². The molecule has 9 heteroatoms. The number of nitrogens with one attached hydrogen (secondary N) is 1. The maximum Gasteiger partial charge on any atom is 0.264 e. The Morgan fingerprint density at radius 2 is 1.53 bits per heavy atom. The summed E-state index contributed by atoms with van der Waals surface area (Å²) in [6.45, 7) is 3.10. The largest absolute Gasteiger partial charge is 0.350 e. The van der Waals surface area contributed by atoms with Crippen LogP contribution in [0.25, 0.3) is 0 Å². The Bertz CT molecular complexity index is 1280. The van der Waals surface area contributed by atoms with Gasteiger partial charge in [0.15, 0.2) is 0 Å². The van der Waals surface area contributed by atoms with Crippen LogP contribution in [0.2, 0.25) is 10.0 Å². The van der Waals surface area contributed by atoms with E-state index in [2.05, 4.69) is 22.3 Å². The number of hydrogen-bond acceptors (Lipinski definition) is 4. The van der Waals surface area contributed by atoms with Crippen molar-refractivity contribution in [2.75, 3.05) is 23.9 Å². The minimum Gasteiger partial charge on any atom is -0.350 e. The van der Waals surface area contributed by atoms with Gasteiger partial charge in [-0.3, -0.25) is 14.0 Å². The fourth-order valence-corrected chi connectivity index (χ4v) is 5.93. The smallest absolute Gasteiger partial charge is 0.264 e. The van der Waals surface area contributed by atoms with Gasteiger partial charge in [-0.05, 0) is 67.4 Å². The average molecular weight is 547 g/mol. The van der Waals surface area contributed by atoms with E-state index in [9.17, 15) is 13.2 Å². The van der Waals surface area contributed by atoms with E-state index in [1.165, 1.54) is 55.2 Å². The molecule has 0 aliphatic carbocycles. The zero-order valence-corrected chi connectivity index (χ0v) is 22.2. The number of hydrogen-bond donors (Lipinski definition) is 1. The Labute approximate surface area is 222 Å². The molecule has 0 unspecified atom stereocenters. The summed E-state index contributed by atoms with van der Waals surface area (Å²) in [5.41, 5.74) is 2.44. The molecular weight excluding hydrogens is 517 g/mol. The highest BCUT2D eigenvalue weighted by molar-refractivity contribution is 7.92. The molecule has 190 valence electrons. The molecule has 36 heavy (non-hydrogen) atoms. The van der Waals surface area contributed by atoms with Crippen molar-refractivity contribution in [3.63, 3.8) is 0 Å². The van der Waals surface area contributed by atoms with Gasteiger partial charge in [-0.1, -0.05) is 72.1 Å². The number of halogens is 2. The second kappa shape index (κ2) is 12.1. The molecule has 1 amide bonds. The minimum atomic E-state index is -4.02. The molecule has 3 aromatic carbocycles. The van der Waals surface area contributed by atoms with Gasteiger partial charge >= 0.3 is 0 Å². The Balaban J connectivity index is 1.44. The summed E-state index contributed by atoms with van der Waals surface area (Å²) in [7, 11) is -4.02. The highest BCUT2D eigenvalue weighted by atomic mass is 35.5. The number of anilines is 1. The van der Waals surface area contributed by atoms with Crippen LogP contribution < -0.4 is 9.62 Å². The third-order valence-electron chi connectivity index (χ3n) is 6.18. The summed E-state index contributed by atoms with van der Waals surface area (Å²) in [5.74, 6) is -0.432. The Morgan fingerprint density at radius 3 is 2.19 bits per heavy atom. The van der Waals surface area contributed by atoms with Crippen LogP contribution in [0.4, 0.5) is 5.69 Å². The lowest BCUT2D eigenvalue weighted by atomic mass is 10.1. The van der Waals surface area contributed by atoms with Crippen LogP contribution in [-0.4, -0.2) is 38.9 Å². The molecule has 4 rings (SSSR count). The van der Waals surface area contributed by atoms with E-state index in [1.54, 1.807) is 18.2 Å². The van der Waals surface area contributed by atoms with Crippen molar-refractivity contribution >= 4 is 44.8 Å². The van der Waals surface area contributed by atoms with E-state index in [-0.39, 0.29) is 15.6 Å². The van der Waals surface area contributed by atoms with Crippen molar-refractivity contribution < 1.29 is 13.2 Å². The zero-order valence-electron chi connectivity index (χ0n) is 19.9. The molecule has 1 aliphatic heterocycles. The number of rotatable bonds is 9. The minimum absolute atomic E-state index is 0.0770. The number of piperidine rings is 1. The number of carbonyl (C=O) groups excluding carboxylic acids is 1. The van der Waals surface area contributed by atoms with Gasteiger partial charge < -0.3 is 5.32 Å². The van der Waals surface area contributed by atoms with Crippen LogP contribution in [-0.2, 0) is 27.9 Å². The van der Waals surface area contributed by atoms with E-state index >= 15 is 0 Å². The maximum atomic E-state index is 13.4. The number of amides is 1. The van der Waals surface area contributed by atoms with Crippen molar-refractivity contribution in [1.29, 1.82) is 0 Å². The summed E-state index contributed by atoms with van der Waals surface area (Å²) in [4.78, 5) is 15.4. The third kappa shape index (κ3) is 6.79. The summed E-state index contributed by atoms with van der Waals surface area (Å²) >= 11 is 12.2. The van der Waals surface area contributed by atoms with Gasteiger partial charge in [0.2, 0.25) is 5.91 Å². The average Bonchev–Trinajstić information content (AvgIpc) is 2.89. The van der Waals surface area contributed by atoms with E-state index in [0.717, 1.165) is 29.5 Å². The van der Waals surface area contributed by atoms with Crippen molar-refractivity contribution in [1.82, 2.24) is 10.2 Å². The third-order valence-corrected chi connectivity index (χ3v) is 8.70. The summed E-state index contributed by atoms with van der Waals surface area (Å²) in [6, 6.07) is 20.6. The molecule has 1 saturated heterocycles. The van der Waals surface area contributed by atoms with Gasteiger partial charge in [0.25, 0.3) is 10.0 Å². The van der Waals surface area contributed by atoms with Gasteiger partial charge in [-0.2, -0.15) is 0 Å².